The number of nitrogens with zero attached hydrogens (tertiary/aromatic N) is 1. The number of hydrogen-bond donors (Lipinski definition) is 1. The first-order valence-electron chi connectivity index (χ1n) is 11.4. The van der Waals surface area contributed by atoms with Crippen LogP contribution in [0.2, 0.25) is 0 Å². The second-order valence-corrected chi connectivity index (χ2v) is 9.67. The molecule has 0 saturated carbocycles. The van der Waals surface area contributed by atoms with Crippen LogP contribution in [0.3, 0.4) is 0 Å². The number of carbonyl (C=O) groups excluding carboxylic acids is 2. The summed E-state index contributed by atoms with van der Waals surface area (Å²) in [6.07, 6.45) is 0. The number of benzene rings is 3. The number of aliphatic hydroxyl groups is 1. The highest BCUT2D eigenvalue weighted by Gasteiger charge is 2.48. The smallest absolute Gasteiger partial charge is 0.300 e. The van der Waals surface area contributed by atoms with Gasteiger partial charge in [-0.2, -0.15) is 0 Å². The molecule has 1 aliphatic rings. The van der Waals surface area contributed by atoms with E-state index in [1.165, 1.54) is 30.2 Å². The highest BCUT2D eigenvalue weighted by atomic mass is 19.1. The molecule has 3 aromatic carbocycles. The number of halogens is 1. The van der Waals surface area contributed by atoms with Gasteiger partial charge in [0.05, 0.1) is 18.7 Å². The molecule has 1 atom stereocenters. The second kappa shape index (κ2) is 9.02. The maximum Gasteiger partial charge on any atom is 0.300 e. The van der Waals surface area contributed by atoms with Gasteiger partial charge in [0.2, 0.25) is 0 Å². The van der Waals surface area contributed by atoms with Gasteiger partial charge in [-0.05, 0) is 53.8 Å². The fraction of sp³-hybridized carbons (Fsp3) is 0.241. The number of aliphatic hydroxyl groups excluding tert-OH is 1. The van der Waals surface area contributed by atoms with Crippen molar-refractivity contribution in [1.82, 2.24) is 0 Å². The van der Waals surface area contributed by atoms with E-state index in [9.17, 15) is 19.1 Å². The molecule has 3 aromatic rings. The van der Waals surface area contributed by atoms with Gasteiger partial charge in [0.15, 0.2) is 0 Å². The third-order valence-corrected chi connectivity index (χ3v) is 6.32. The van der Waals surface area contributed by atoms with Gasteiger partial charge in [-0.3, -0.25) is 14.5 Å². The molecule has 1 aliphatic heterocycles. The lowest BCUT2D eigenvalue weighted by Crippen LogP contribution is -2.29. The first kappa shape index (κ1) is 24.2. The summed E-state index contributed by atoms with van der Waals surface area (Å²) < 4.78 is 19.7. The minimum atomic E-state index is -1.01. The number of aryl methyl sites for hydroxylation is 1. The first-order valence-corrected chi connectivity index (χ1v) is 11.4. The molecule has 0 radical (unpaired) electrons. The van der Waals surface area contributed by atoms with Crippen molar-refractivity contribution in [3.8, 4) is 5.75 Å². The Hall–Kier alpha value is -3.93. The lowest BCUT2D eigenvalue weighted by molar-refractivity contribution is -0.132. The van der Waals surface area contributed by atoms with E-state index in [4.69, 9.17) is 4.74 Å². The molecule has 1 saturated heterocycles. The molecule has 35 heavy (non-hydrogen) atoms. The summed E-state index contributed by atoms with van der Waals surface area (Å²) in [6.45, 7) is 8.00. The Labute approximate surface area is 204 Å². The quantitative estimate of drug-likeness (QED) is 0.284. The van der Waals surface area contributed by atoms with Gasteiger partial charge in [0, 0.05) is 16.8 Å². The molecule has 0 aromatic heterocycles. The van der Waals surface area contributed by atoms with Gasteiger partial charge >= 0.3 is 0 Å². The molecule has 1 N–H and O–H groups in total. The molecule has 1 fully saturated rings. The molecule has 180 valence electrons. The Bertz CT molecular complexity index is 1350. The zero-order valence-electron chi connectivity index (χ0n) is 20.4. The first-order chi connectivity index (χ1) is 16.5. The fourth-order valence-corrected chi connectivity index (χ4v) is 4.40. The van der Waals surface area contributed by atoms with Crippen molar-refractivity contribution in [2.24, 2.45) is 0 Å². The molecule has 1 unspecified atom stereocenters. The van der Waals surface area contributed by atoms with E-state index in [0.717, 1.165) is 11.1 Å². The van der Waals surface area contributed by atoms with E-state index >= 15 is 0 Å². The van der Waals surface area contributed by atoms with Crippen molar-refractivity contribution in [3.63, 3.8) is 0 Å². The van der Waals surface area contributed by atoms with Crippen LogP contribution in [0.5, 0.6) is 5.75 Å². The number of ether oxygens (including phenoxy) is 1. The number of rotatable bonds is 4. The molecule has 1 heterocycles. The SMILES string of the molecule is COc1ccccc1C1/C(=C(\O)c2cc(C(C)(C)C)ccc2C)C(=O)C(=O)N1c1cccc(F)c1. The largest absolute Gasteiger partial charge is 0.507 e. The third kappa shape index (κ3) is 4.32. The second-order valence-electron chi connectivity index (χ2n) is 9.67. The zero-order chi connectivity index (χ0) is 25.5. The lowest BCUT2D eigenvalue weighted by atomic mass is 9.84. The summed E-state index contributed by atoms with van der Waals surface area (Å²) in [5.41, 5.74) is 2.64. The van der Waals surface area contributed by atoms with Crippen LogP contribution >= 0.6 is 0 Å². The van der Waals surface area contributed by atoms with Crippen LogP contribution in [0.1, 0.15) is 49.1 Å². The third-order valence-electron chi connectivity index (χ3n) is 6.32. The topological polar surface area (TPSA) is 66.8 Å². The fourth-order valence-electron chi connectivity index (χ4n) is 4.40. The summed E-state index contributed by atoms with van der Waals surface area (Å²) in [6, 6.07) is 17.2. The maximum atomic E-state index is 14.1. The Kier molecular flexibility index (Phi) is 6.24. The number of para-hydroxylation sites is 1. The normalized spacial score (nSPS) is 17.7. The number of carbonyl (C=O) groups is 2. The highest BCUT2D eigenvalue weighted by molar-refractivity contribution is 6.51. The molecular formula is C29H28FNO4. The summed E-state index contributed by atoms with van der Waals surface area (Å²) in [5.74, 6) is -2.08. The van der Waals surface area contributed by atoms with Crippen molar-refractivity contribution < 1.29 is 23.8 Å². The molecule has 0 aliphatic carbocycles. The van der Waals surface area contributed by atoms with E-state index in [-0.39, 0.29) is 22.4 Å². The van der Waals surface area contributed by atoms with Crippen molar-refractivity contribution >= 4 is 23.1 Å². The number of Topliss-reactive ketones (excluding diaryl/α,β-unsaturated/α-hetero) is 1. The molecule has 1 amide bonds. The minimum absolute atomic E-state index is 0.0714. The summed E-state index contributed by atoms with van der Waals surface area (Å²) in [4.78, 5) is 28.0. The minimum Gasteiger partial charge on any atom is -0.507 e. The Balaban J connectivity index is 2.02. The maximum absolute atomic E-state index is 14.1. The molecule has 0 bridgehead atoms. The molecule has 5 nitrogen and oxygen atoms in total. The van der Waals surface area contributed by atoms with Gasteiger partial charge < -0.3 is 9.84 Å². The predicted molar refractivity (Wildman–Crippen MR) is 134 cm³/mol. The van der Waals surface area contributed by atoms with Gasteiger partial charge in [-0.15, -0.1) is 0 Å². The van der Waals surface area contributed by atoms with Gasteiger partial charge in [0.25, 0.3) is 11.7 Å². The van der Waals surface area contributed by atoms with Gasteiger partial charge in [-0.1, -0.05) is 57.2 Å². The Morgan fingerprint density at radius 3 is 2.37 bits per heavy atom. The van der Waals surface area contributed by atoms with Crippen molar-refractivity contribution in [2.75, 3.05) is 12.0 Å². The molecule has 4 rings (SSSR count). The van der Waals surface area contributed by atoms with E-state index in [1.807, 2.05) is 25.1 Å². The Morgan fingerprint density at radius 1 is 1.00 bits per heavy atom. The monoisotopic (exact) mass is 473 g/mol. The number of anilines is 1. The van der Waals surface area contributed by atoms with Crippen LogP contribution in [0.15, 0.2) is 72.3 Å². The zero-order valence-corrected chi connectivity index (χ0v) is 20.4. The van der Waals surface area contributed by atoms with Crippen LogP contribution in [0.25, 0.3) is 5.76 Å². The average molecular weight is 474 g/mol. The van der Waals surface area contributed by atoms with E-state index in [0.29, 0.717) is 16.9 Å². The van der Waals surface area contributed by atoms with Crippen LogP contribution < -0.4 is 9.64 Å². The van der Waals surface area contributed by atoms with Crippen LogP contribution in [-0.4, -0.2) is 23.9 Å². The lowest BCUT2D eigenvalue weighted by Gasteiger charge is -2.27. The Morgan fingerprint density at radius 2 is 1.71 bits per heavy atom. The molecule has 6 heteroatoms. The van der Waals surface area contributed by atoms with E-state index < -0.39 is 23.5 Å². The summed E-state index contributed by atoms with van der Waals surface area (Å²) >= 11 is 0. The molecular weight excluding hydrogens is 445 g/mol. The predicted octanol–water partition coefficient (Wildman–Crippen LogP) is 6.07. The number of hydrogen-bond acceptors (Lipinski definition) is 4. The van der Waals surface area contributed by atoms with Crippen molar-refractivity contribution in [1.29, 1.82) is 0 Å². The van der Waals surface area contributed by atoms with E-state index in [2.05, 4.69) is 20.8 Å². The van der Waals surface area contributed by atoms with Crippen LogP contribution in [0.4, 0.5) is 10.1 Å². The summed E-state index contributed by atoms with van der Waals surface area (Å²) in [5, 5.41) is 11.6. The van der Waals surface area contributed by atoms with E-state index in [1.54, 1.807) is 30.3 Å². The van der Waals surface area contributed by atoms with Crippen molar-refractivity contribution in [2.45, 2.75) is 39.2 Å². The molecule has 0 spiro atoms. The highest BCUT2D eigenvalue weighted by Crippen LogP contribution is 2.45. The standard InChI is InChI=1S/C29H28FNO4/c1-17-13-14-18(29(2,3)4)15-22(17)26(32)24-25(21-11-6-7-12-23(21)35-5)31(28(34)27(24)33)20-10-8-9-19(30)16-20/h6-16,25,32H,1-5H3/b26-24+. The summed E-state index contributed by atoms with van der Waals surface area (Å²) in [7, 11) is 1.49. The average Bonchev–Trinajstić information content (AvgIpc) is 3.08. The number of amides is 1. The van der Waals surface area contributed by atoms with Gasteiger partial charge in [0.1, 0.15) is 17.3 Å². The van der Waals surface area contributed by atoms with Crippen LogP contribution in [-0.2, 0) is 15.0 Å². The number of ketones is 1. The van der Waals surface area contributed by atoms with Gasteiger partial charge in [-0.25, -0.2) is 4.39 Å². The van der Waals surface area contributed by atoms with Crippen LogP contribution in [0, 0.1) is 12.7 Å². The number of methoxy groups -OCH3 is 1. The van der Waals surface area contributed by atoms with Crippen molar-refractivity contribution in [3.05, 3.63) is 100 Å².